The van der Waals surface area contributed by atoms with Gasteiger partial charge in [-0.2, -0.15) is 0 Å². The number of carboxylic acid groups (broad SMARTS) is 1. The van der Waals surface area contributed by atoms with Gasteiger partial charge in [-0.1, -0.05) is 0 Å². The van der Waals surface area contributed by atoms with E-state index in [9.17, 15) is 18.0 Å². The summed E-state index contributed by atoms with van der Waals surface area (Å²) < 4.78 is 22.0. The highest BCUT2D eigenvalue weighted by Gasteiger charge is 2.39. The van der Waals surface area contributed by atoms with Gasteiger partial charge in [-0.3, -0.25) is 9.59 Å². The van der Waals surface area contributed by atoms with E-state index >= 15 is 0 Å². The minimum absolute atomic E-state index is 0.0800. The lowest BCUT2D eigenvalue weighted by Gasteiger charge is -2.37. The van der Waals surface area contributed by atoms with Crippen LogP contribution in [0.3, 0.4) is 0 Å². The Morgan fingerprint density at radius 2 is 2.00 bits per heavy atom. The Morgan fingerprint density at radius 3 is 2.47 bits per heavy atom. The van der Waals surface area contributed by atoms with E-state index in [4.69, 9.17) is 5.11 Å². The third-order valence-corrected chi connectivity index (χ3v) is 3.72. The van der Waals surface area contributed by atoms with Crippen LogP contribution < -0.4 is 0 Å². The second kappa shape index (κ2) is 4.64. The number of hydrogen-bond donors (Lipinski definition) is 1. The standard InChI is InChI=1S/C10H17NO5S/c1-10(9(13)14)4-3-5-11(7-10)8(12)6-17(2,15)16/h3-7H2,1-2H3,(H,13,14). The lowest BCUT2D eigenvalue weighted by molar-refractivity contribution is -0.153. The topological polar surface area (TPSA) is 91.8 Å². The van der Waals surface area contributed by atoms with E-state index in [2.05, 4.69) is 0 Å². The number of carbonyl (C=O) groups excluding carboxylic acids is 1. The van der Waals surface area contributed by atoms with Gasteiger partial charge < -0.3 is 10.0 Å². The van der Waals surface area contributed by atoms with Crippen molar-refractivity contribution >= 4 is 21.7 Å². The van der Waals surface area contributed by atoms with E-state index in [1.807, 2.05) is 0 Å². The Labute approximate surface area is 101 Å². The molecule has 1 fully saturated rings. The van der Waals surface area contributed by atoms with E-state index in [1.54, 1.807) is 6.92 Å². The average molecular weight is 263 g/mol. The molecule has 0 spiro atoms. The number of carbonyl (C=O) groups is 2. The number of aliphatic carboxylic acids is 1. The molecule has 0 aromatic carbocycles. The molecule has 0 aliphatic carbocycles. The summed E-state index contributed by atoms with van der Waals surface area (Å²) in [6.45, 7) is 2.09. The molecule has 0 bridgehead atoms. The highest BCUT2D eigenvalue weighted by atomic mass is 32.2. The lowest BCUT2D eigenvalue weighted by Crippen LogP contribution is -2.49. The molecule has 0 radical (unpaired) electrons. The SMILES string of the molecule is CC1(C(=O)O)CCCN(C(=O)CS(C)(=O)=O)C1. The van der Waals surface area contributed by atoms with Crippen LogP contribution in [0.4, 0.5) is 0 Å². The van der Waals surface area contributed by atoms with Crippen molar-refractivity contribution in [2.75, 3.05) is 25.1 Å². The van der Waals surface area contributed by atoms with E-state index in [0.29, 0.717) is 19.4 Å². The van der Waals surface area contributed by atoms with Gasteiger partial charge in [0.1, 0.15) is 5.75 Å². The van der Waals surface area contributed by atoms with Crippen molar-refractivity contribution in [3.63, 3.8) is 0 Å². The largest absolute Gasteiger partial charge is 0.481 e. The zero-order chi connectivity index (χ0) is 13.3. The number of sulfone groups is 1. The normalized spacial score (nSPS) is 25.6. The van der Waals surface area contributed by atoms with Crippen molar-refractivity contribution in [1.29, 1.82) is 0 Å². The van der Waals surface area contributed by atoms with Gasteiger partial charge in [-0.15, -0.1) is 0 Å². The summed E-state index contributed by atoms with van der Waals surface area (Å²) in [5, 5.41) is 9.07. The van der Waals surface area contributed by atoms with Crippen LogP contribution in [0.25, 0.3) is 0 Å². The van der Waals surface area contributed by atoms with Gasteiger partial charge in [-0.25, -0.2) is 8.42 Å². The number of piperidine rings is 1. The highest BCUT2D eigenvalue weighted by Crippen LogP contribution is 2.29. The van der Waals surface area contributed by atoms with E-state index < -0.39 is 32.9 Å². The Morgan fingerprint density at radius 1 is 1.41 bits per heavy atom. The maximum absolute atomic E-state index is 11.7. The lowest BCUT2D eigenvalue weighted by atomic mass is 9.82. The van der Waals surface area contributed by atoms with Crippen molar-refractivity contribution < 1.29 is 23.1 Å². The maximum atomic E-state index is 11.7. The molecule has 1 aliphatic rings. The molecule has 0 aromatic rings. The van der Waals surface area contributed by atoms with Gasteiger partial charge in [0, 0.05) is 19.3 Å². The van der Waals surface area contributed by atoms with Crippen LogP contribution in [-0.2, 0) is 19.4 Å². The smallest absolute Gasteiger partial charge is 0.311 e. The molecule has 1 heterocycles. The second-order valence-corrected chi connectivity index (χ2v) is 6.99. The van der Waals surface area contributed by atoms with Crippen LogP contribution in [0.15, 0.2) is 0 Å². The summed E-state index contributed by atoms with van der Waals surface area (Å²) in [7, 11) is -3.37. The summed E-state index contributed by atoms with van der Waals surface area (Å²) >= 11 is 0. The van der Waals surface area contributed by atoms with E-state index in [0.717, 1.165) is 6.26 Å². The van der Waals surface area contributed by atoms with Gasteiger partial charge in [0.25, 0.3) is 0 Å². The van der Waals surface area contributed by atoms with Gasteiger partial charge in [0.15, 0.2) is 9.84 Å². The van der Waals surface area contributed by atoms with Crippen LogP contribution in [0, 0.1) is 5.41 Å². The fourth-order valence-corrected chi connectivity index (χ4v) is 2.57. The molecule has 1 unspecified atom stereocenters. The minimum Gasteiger partial charge on any atom is -0.481 e. The molecule has 1 rings (SSSR count). The summed E-state index contributed by atoms with van der Waals surface area (Å²) in [4.78, 5) is 24.1. The van der Waals surface area contributed by atoms with Crippen LogP contribution in [0.5, 0.6) is 0 Å². The molecular formula is C10H17NO5S. The van der Waals surface area contributed by atoms with Crippen LogP contribution in [0.2, 0.25) is 0 Å². The van der Waals surface area contributed by atoms with Gasteiger partial charge >= 0.3 is 5.97 Å². The Balaban J connectivity index is 2.74. The first kappa shape index (κ1) is 14.0. The third-order valence-electron chi connectivity index (χ3n) is 2.95. The van der Waals surface area contributed by atoms with Crippen LogP contribution in [0.1, 0.15) is 19.8 Å². The fraction of sp³-hybridized carbons (Fsp3) is 0.800. The van der Waals surface area contributed by atoms with Gasteiger partial charge in [-0.05, 0) is 19.8 Å². The molecular weight excluding hydrogens is 246 g/mol. The van der Waals surface area contributed by atoms with Gasteiger partial charge in [0.05, 0.1) is 5.41 Å². The first-order chi connectivity index (χ1) is 7.64. The first-order valence-corrected chi connectivity index (χ1v) is 7.39. The van der Waals surface area contributed by atoms with Crippen LogP contribution >= 0.6 is 0 Å². The number of amides is 1. The molecule has 1 saturated heterocycles. The number of rotatable bonds is 3. The van der Waals surface area contributed by atoms with E-state index in [-0.39, 0.29) is 6.54 Å². The van der Waals surface area contributed by atoms with Crippen molar-refractivity contribution in [2.24, 2.45) is 5.41 Å². The zero-order valence-corrected chi connectivity index (χ0v) is 10.8. The molecule has 0 aromatic heterocycles. The van der Waals surface area contributed by atoms with Crippen molar-refractivity contribution in [3.8, 4) is 0 Å². The zero-order valence-electron chi connectivity index (χ0n) is 9.97. The molecule has 7 heteroatoms. The summed E-state index contributed by atoms with van der Waals surface area (Å²) in [5.74, 6) is -2.02. The fourth-order valence-electron chi connectivity index (χ4n) is 1.94. The quantitative estimate of drug-likeness (QED) is 0.757. The molecule has 0 saturated carbocycles. The maximum Gasteiger partial charge on any atom is 0.311 e. The third kappa shape index (κ3) is 3.69. The second-order valence-electron chi connectivity index (χ2n) is 4.85. The van der Waals surface area contributed by atoms with Crippen molar-refractivity contribution in [2.45, 2.75) is 19.8 Å². The molecule has 6 nitrogen and oxygen atoms in total. The Kier molecular flexibility index (Phi) is 3.81. The first-order valence-electron chi connectivity index (χ1n) is 5.33. The monoisotopic (exact) mass is 263 g/mol. The summed E-state index contributed by atoms with van der Waals surface area (Å²) in [6, 6.07) is 0. The summed E-state index contributed by atoms with van der Waals surface area (Å²) in [6.07, 6.45) is 2.08. The Bertz CT molecular complexity index is 430. The van der Waals surface area contributed by atoms with Crippen molar-refractivity contribution in [1.82, 2.24) is 4.90 Å². The summed E-state index contributed by atoms with van der Waals surface area (Å²) in [5.41, 5.74) is -0.967. The van der Waals surface area contributed by atoms with Crippen molar-refractivity contribution in [3.05, 3.63) is 0 Å². The molecule has 1 aliphatic heterocycles. The number of carboxylic acids is 1. The van der Waals surface area contributed by atoms with Gasteiger partial charge in [0.2, 0.25) is 5.91 Å². The molecule has 1 atom stereocenters. The average Bonchev–Trinajstić information content (AvgIpc) is 2.15. The molecule has 98 valence electrons. The Hall–Kier alpha value is -1.11. The predicted octanol–water partition coefficient (Wildman–Crippen LogP) is -0.256. The molecule has 1 N–H and O–H groups in total. The number of likely N-dealkylation sites (tertiary alicyclic amines) is 1. The number of hydrogen-bond acceptors (Lipinski definition) is 4. The molecule has 1 amide bonds. The predicted molar refractivity (Wildman–Crippen MR) is 61.3 cm³/mol. The van der Waals surface area contributed by atoms with E-state index in [1.165, 1.54) is 4.90 Å². The van der Waals surface area contributed by atoms with Crippen LogP contribution in [-0.4, -0.2) is 55.4 Å². The molecule has 17 heavy (non-hydrogen) atoms. The number of nitrogens with zero attached hydrogens (tertiary/aromatic N) is 1. The minimum atomic E-state index is -3.37. The highest BCUT2D eigenvalue weighted by molar-refractivity contribution is 7.91.